The summed E-state index contributed by atoms with van der Waals surface area (Å²) in [6.07, 6.45) is 0. The Hall–Kier alpha value is -2.37. The van der Waals surface area contributed by atoms with E-state index in [0.29, 0.717) is 26.6 Å². The van der Waals surface area contributed by atoms with Gasteiger partial charge in [-0.1, -0.05) is 35.3 Å². The summed E-state index contributed by atoms with van der Waals surface area (Å²) in [4.78, 5) is 12.2. The van der Waals surface area contributed by atoms with E-state index in [1.54, 1.807) is 30.3 Å². The molecule has 0 aliphatic heterocycles. The van der Waals surface area contributed by atoms with Crippen LogP contribution in [-0.4, -0.2) is 21.2 Å². The molecule has 22 heavy (non-hydrogen) atoms. The SMILES string of the molecule is O=C(Nc1cc(Cl)cc(Cl)c1)c1nnc2ccccc2c1O. The van der Waals surface area contributed by atoms with Gasteiger partial charge in [-0.2, -0.15) is 0 Å². The van der Waals surface area contributed by atoms with Crippen molar-refractivity contribution >= 4 is 45.7 Å². The van der Waals surface area contributed by atoms with Gasteiger partial charge in [0.05, 0.1) is 5.52 Å². The number of halogens is 2. The van der Waals surface area contributed by atoms with E-state index >= 15 is 0 Å². The van der Waals surface area contributed by atoms with E-state index in [1.165, 1.54) is 12.1 Å². The highest BCUT2D eigenvalue weighted by molar-refractivity contribution is 6.35. The standard InChI is InChI=1S/C15H9Cl2N3O2/c16-8-5-9(17)7-10(6-8)18-15(22)13-14(21)11-3-1-2-4-12(11)19-20-13/h1-7H,(H,18,22)(H,19,21). The number of aromatic hydroxyl groups is 1. The molecule has 110 valence electrons. The number of nitrogens with one attached hydrogen (secondary N) is 1. The highest BCUT2D eigenvalue weighted by Crippen LogP contribution is 2.27. The number of benzene rings is 2. The molecule has 0 aliphatic rings. The zero-order valence-corrected chi connectivity index (χ0v) is 12.6. The van der Waals surface area contributed by atoms with Crippen LogP contribution in [0.1, 0.15) is 10.5 Å². The third-order valence-corrected chi connectivity index (χ3v) is 3.41. The minimum Gasteiger partial charge on any atom is -0.505 e. The van der Waals surface area contributed by atoms with Gasteiger partial charge in [-0.25, -0.2) is 0 Å². The predicted molar refractivity (Wildman–Crippen MR) is 85.6 cm³/mol. The van der Waals surface area contributed by atoms with Crippen molar-refractivity contribution in [3.8, 4) is 5.75 Å². The van der Waals surface area contributed by atoms with Crippen LogP contribution in [0.25, 0.3) is 10.9 Å². The Morgan fingerprint density at radius 3 is 2.45 bits per heavy atom. The Labute approximate surface area is 135 Å². The van der Waals surface area contributed by atoms with Crippen molar-refractivity contribution in [3.63, 3.8) is 0 Å². The summed E-state index contributed by atoms with van der Waals surface area (Å²) in [7, 11) is 0. The van der Waals surface area contributed by atoms with Crippen LogP contribution in [0.4, 0.5) is 5.69 Å². The number of nitrogens with zero attached hydrogens (tertiary/aromatic N) is 2. The summed E-state index contributed by atoms with van der Waals surface area (Å²) in [5.74, 6) is -0.828. The van der Waals surface area contributed by atoms with Gasteiger partial charge in [-0.3, -0.25) is 4.79 Å². The Balaban J connectivity index is 1.97. The van der Waals surface area contributed by atoms with Crippen molar-refractivity contribution in [3.05, 3.63) is 58.2 Å². The van der Waals surface area contributed by atoms with E-state index in [9.17, 15) is 9.90 Å². The van der Waals surface area contributed by atoms with E-state index < -0.39 is 5.91 Å². The average molecular weight is 334 g/mol. The zero-order chi connectivity index (χ0) is 15.7. The molecule has 0 bridgehead atoms. The van der Waals surface area contributed by atoms with E-state index in [1.807, 2.05) is 0 Å². The molecule has 0 fully saturated rings. The normalized spacial score (nSPS) is 10.6. The summed E-state index contributed by atoms with van der Waals surface area (Å²) in [6.45, 7) is 0. The molecule has 2 aromatic carbocycles. The molecule has 7 heteroatoms. The van der Waals surface area contributed by atoms with Gasteiger partial charge < -0.3 is 10.4 Å². The number of hydrogen-bond acceptors (Lipinski definition) is 4. The average Bonchev–Trinajstić information content (AvgIpc) is 2.46. The number of anilines is 1. The molecule has 3 aromatic rings. The molecule has 0 unspecified atom stereocenters. The van der Waals surface area contributed by atoms with Gasteiger partial charge >= 0.3 is 0 Å². The Morgan fingerprint density at radius 2 is 1.73 bits per heavy atom. The molecule has 3 rings (SSSR count). The highest BCUT2D eigenvalue weighted by Gasteiger charge is 2.17. The summed E-state index contributed by atoms with van der Waals surface area (Å²) in [5, 5.41) is 21.7. The first kappa shape index (κ1) is 14.6. The summed E-state index contributed by atoms with van der Waals surface area (Å²) in [6, 6.07) is 11.5. The molecule has 0 saturated heterocycles. The lowest BCUT2D eigenvalue weighted by molar-refractivity contribution is 0.101. The Kier molecular flexibility index (Phi) is 3.83. The largest absolute Gasteiger partial charge is 0.505 e. The van der Waals surface area contributed by atoms with Gasteiger partial charge in [-0.15, -0.1) is 10.2 Å². The predicted octanol–water partition coefficient (Wildman–Crippen LogP) is 3.89. The van der Waals surface area contributed by atoms with Crippen LogP contribution in [0.15, 0.2) is 42.5 Å². The number of aromatic nitrogens is 2. The Morgan fingerprint density at radius 1 is 1.05 bits per heavy atom. The monoisotopic (exact) mass is 333 g/mol. The number of rotatable bonds is 2. The molecule has 1 amide bonds. The lowest BCUT2D eigenvalue weighted by Gasteiger charge is -2.08. The summed E-state index contributed by atoms with van der Waals surface area (Å²) in [5.41, 5.74) is 0.731. The van der Waals surface area contributed by atoms with Crippen molar-refractivity contribution in [1.29, 1.82) is 0 Å². The van der Waals surface area contributed by atoms with Crippen LogP contribution < -0.4 is 5.32 Å². The lowest BCUT2D eigenvalue weighted by atomic mass is 10.2. The van der Waals surface area contributed by atoms with E-state index in [2.05, 4.69) is 15.5 Å². The van der Waals surface area contributed by atoms with Gasteiger partial charge in [0.1, 0.15) is 0 Å². The van der Waals surface area contributed by atoms with Crippen LogP contribution in [0, 0.1) is 0 Å². The minimum absolute atomic E-state index is 0.171. The highest BCUT2D eigenvalue weighted by atomic mass is 35.5. The van der Waals surface area contributed by atoms with Crippen molar-refractivity contribution < 1.29 is 9.90 Å². The fourth-order valence-corrected chi connectivity index (χ4v) is 2.54. The van der Waals surface area contributed by atoms with Gasteiger partial charge in [0.15, 0.2) is 11.4 Å². The van der Waals surface area contributed by atoms with Crippen LogP contribution in [0.3, 0.4) is 0 Å². The Bertz CT molecular complexity index is 864. The number of carbonyl (C=O) groups is 1. The van der Waals surface area contributed by atoms with Crippen LogP contribution in [-0.2, 0) is 0 Å². The van der Waals surface area contributed by atoms with Gasteiger partial charge in [-0.05, 0) is 30.3 Å². The summed E-state index contributed by atoms with van der Waals surface area (Å²) >= 11 is 11.8. The van der Waals surface area contributed by atoms with Crippen molar-refractivity contribution in [1.82, 2.24) is 10.2 Å². The van der Waals surface area contributed by atoms with Gasteiger partial charge in [0.25, 0.3) is 5.91 Å². The van der Waals surface area contributed by atoms with Gasteiger partial charge in [0, 0.05) is 21.1 Å². The quantitative estimate of drug-likeness (QED) is 0.745. The van der Waals surface area contributed by atoms with Crippen molar-refractivity contribution in [2.75, 3.05) is 5.32 Å². The first-order chi connectivity index (χ1) is 10.5. The topological polar surface area (TPSA) is 75.1 Å². The maximum absolute atomic E-state index is 12.2. The van der Waals surface area contributed by atoms with E-state index in [0.717, 1.165) is 0 Å². The smallest absolute Gasteiger partial charge is 0.280 e. The molecule has 0 aliphatic carbocycles. The van der Waals surface area contributed by atoms with Crippen molar-refractivity contribution in [2.45, 2.75) is 0 Å². The fourth-order valence-electron chi connectivity index (χ4n) is 2.01. The molecule has 0 saturated carbocycles. The number of hydrogen-bond donors (Lipinski definition) is 2. The number of fused-ring (bicyclic) bond motifs is 1. The first-order valence-electron chi connectivity index (χ1n) is 6.26. The maximum Gasteiger partial charge on any atom is 0.280 e. The second-order valence-corrected chi connectivity index (χ2v) is 5.40. The number of amides is 1. The summed E-state index contributed by atoms with van der Waals surface area (Å²) < 4.78 is 0. The second kappa shape index (κ2) is 5.79. The maximum atomic E-state index is 12.2. The van der Waals surface area contributed by atoms with E-state index in [4.69, 9.17) is 23.2 Å². The molecular weight excluding hydrogens is 325 g/mol. The molecule has 0 spiro atoms. The van der Waals surface area contributed by atoms with Crippen LogP contribution in [0.2, 0.25) is 10.0 Å². The number of carbonyl (C=O) groups excluding carboxylic acids is 1. The van der Waals surface area contributed by atoms with E-state index in [-0.39, 0.29) is 11.4 Å². The molecule has 2 N–H and O–H groups in total. The molecule has 5 nitrogen and oxygen atoms in total. The molecular formula is C15H9Cl2N3O2. The molecule has 0 radical (unpaired) electrons. The second-order valence-electron chi connectivity index (χ2n) is 4.53. The van der Waals surface area contributed by atoms with Crippen LogP contribution >= 0.6 is 23.2 Å². The first-order valence-corrected chi connectivity index (χ1v) is 7.02. The van der Waals surface area contributed by atoms with Gasteiger partial charge in [0.2, 0.25) is 0 Å². The third kappa shape index (κ3) is 2.81. The fraction of sp³-hybridized carbons (Fsp3) is 0. The molecule has 1 heterocycles. The lowest BCUT2D eigenvalue weighted by Crippen LogP contribution is -2.14. The third-order valence-electron chi connectivity index (χ3n) is 2.98. The van der Waals surface area contributed by atoms with Crippen molar-refractivity contribution in [2.24, 2.45) is 0 Å². The molecule has 1 aromatic heterocycles. The van der Waals surface area contributed by atoms with Crippen LogP contribution in [0.5, 0.6) is 5.75 Å². The molecule has 0 atom stereocenters. The minimum atomic E-state index is -0.603. The zero-order valence-electron chi connectivity index (χ0n) is 11.0.